The van der Waals surface area contributed by atoms with Crippen molar-refractivity contribution in [2.24, 2.45) is 0 Å². The molecule has 28 heavy (non-hydrogen) atoms. The summed E-state index contributed by atoms with van der Waals surface area (Å²) in [6.45, 7) is 3.06. The molecule has 0 saturated carbocycles. The van der Waals surface area contributed by atoms with Crippen LogP contribution in [0, 0.1) is 0 Å². The monoisotopic (exact) mass is 415 g/mol. The third-order valence-electron chi connectivity index (χ3n) is 3.35. The third-order valence-corrected chi connectivity index (χ3v) is 3.68. The molecule has 5 nitrogen and oxygen atoms in total. The van der Waals surface area contributed by atoms with Crippen LogP contribution in [0.1, 0.15) is 29.8 Å². The predicted molar refractivity (Wildman–Crippen MR) is 97.6 cm³/mol. The lowest BCUT2D eigenvalue weighted by atomic mass is 10.2. The molecule has 0 unspecified atom stereocenters. The highest BCUT2D eigenvalue weighted by Gasteiger charge is 2.33. The van der Waals surface area contributed by atoms with Crippen LogP contribution >= 0.6 is 11.6 Å². The first-order valence-electron chi connectivity index (χ1n) is 8.16. The number of halogens is 4. The number of hydrogen-bond donors (Lipinski definition) is 1. The summed E-state index contributed by atoms with van der Waals surface area (Å²) in [4.78, 5) is 23.8. The fraction of sp³-hybridized carbons (Fsp3) is 0.263. The highest BCUT2D eigenvalue weighted by molar-refractivity contribution is 6.31. The normalized spacial score (nSPS) is 11.2. The van der Waals surface area contributed by atoms with Crippen molar-refractivity contribution in [1.82, 2.24) is 0 Å². The SMILES string of the molecule is CC(C)Oc1ccc(C(=O)OCC(=O)Nc2ccc(Cl)c(C(F)(F)F)c2)cc1. The minimum absolute atomic E-state index is 0.0211. The van der Waals surface area contributed by atoms with Gasteiger partial charge in [0.2, 0.25) is 0 Å². The molecule has 2 aromatic rings. The molecule has 150 valence electrons. The average Bonchev–Trinajstić information content (AvgIpc) is 2.60. The van der Waals surface area contributed by atoms with Crippen LogP contribution in [0.25, 0.3) is 0 Å². The van der Waals surface area contributed by atoms with Gasteiger partial charge in [-0.3, -0.25) is 4.79 Å². The van der Waals surface area contributed by atoms with Gasteiger partial charge in [-0.25, -0.2) is 4.79 Å². The summed E-state index contributed by atoms with van der Waals surface area (Å²) >= 11 is 5.52. The van der Waals surface area contributed by atoms with Crippen molar-refractivity contribution in [3.05, 3.63) is 58.6 Å². The zero-order chi connectivity index (χ0) is 20.9. The second-order valence-corrected chi connectivity index (χ2v) is 6.41. The molecular weight excluding hydrogens is 399 g/mol. The lowest BCUT2D eigenvalue weighted by Gasteiger charge is -2.12. The smallest absolute Gasteiger partial charge is 0.417 e. The van der Waals surface area contributed by atoms with Crippen LogP contribution in [-0.2, 0) is 15.7 Å². The maximum Gasteiger partial charge on any atom is 0.417 e. The Kier molecular flexibility index (Phi) is 6.90. The summed E-state index contributed by atoms with van der Waals surface area (Å²) in [5.41, 5.74) is -0.990. The summed E-state index contributed by atoms with van der Waals surface area (Å²) in [7, 11) is 0. The van der Waals surface area contributed by atoms with E-state index in [9.17, 15) is 22.8 Å². The van der Waals surface area contributed by atoms with E-state index in [1.165, 1.54) is 18.2 Å². The van der Waals surface area contributed by atoms with Gasteiger partial charge in [-0.05, 0) is 56.3 Å². The Hall–Kier alpha value is -2.74. The van der Waals surface area contributed by atoms with Crippen LogP contribution in [0.15, 0.2) is 42.5 Å². The Bertz CT molecular complexity index is 851. The van der Waals surface area contributed by atoms with Crippen molar-refractivity contribution in [2.45, 2.75) is 26.1 Å². The van der Waals surface area contributed by atoms with Gasteiger partial charge in [-0.15, -0.1) is 0 Å². The van der Waals surface area contributed by atoms with E-state index in [2.05, 4.69) is 5.32 Å². The quantitative estimate of drug-likeness (QED) is 0.678. The maximum absolute atomic E-state index is 12.8. The molecule has 0 saturated heterocycles. The van der Waals surface area contributed by atoms with Gasteiger partial charge >= 0.3 is 12.1 Å². The van der Waals surface area contributed by atoms with Gasteiger partial charge in [0, 0.05) is 5.69 Å². The van der Waals surface area contributed by atoms with E-state index in [-0.39, 0.29) is 17.4 Å². The first kappa shape index (κ1) is 21.6. The van der Waals surface area contributed by atoms with Crippen molar-refractivity contribution in [1.29, 1.82) is 0 Å². The Balaban J connectivity index is 1.93. The molecule has 0 bridgehead atoms. The first-order chi connectivity index (χ1) is 13.1. The van der Waals surface area contributed by atoms with Crippen molar-refractivity contribution >= 4 is 29.2 Å². The fourth-order valence-corrected chi connectivity index (χ4v) is 2.40. The number of benzene rings is 2. The molecule has 0 atom stereocenters. The van der Waals surface area contributed by atoms with Crippen LogP contribution in [-0.4, -0.2) is 24.6 Å². The van der Waals surface area contributed by atoms with Gasteiger partial charge in [0.15, 0.2) is 6.61 Å². The number of alkyl halides is 3. The number of carbonyl (C=O) groups excluding carboxylic acids is 2. The summed E-state index contributed by atoms with van der Waals surface area (Å²) in [6.07, 6.45) is -4.68. The van der Waals surface area contributed by atoms with E-state index in [0.717, 1.165) is 6.07 Å². The first-order valence-corrected chi connectivity index (χ1v) is 8.54. The number of rotatable bonds is 6. The van der Waals surface area contributed by atoms with Gasteiger partial charge in [-0.2, -0.15) is 13.2 Å². The van der Waals surface area contributed by atoms with Crippen LogP contribution in [0.4, 0.5) is 18.9 Å². The standard InChI is InChI=1S/C19H17ClF3NO4/c1-11(2)28-14-6-3-12(4-7-14)18(26)27-10-17(25)24-13-5-8-16(20)15(9-13)19(21,22)23/h3-9,11H,10H2,1-2H3,(H,24,25). The molecule has 0 aromatic heterocycles. The molecule has 1 N–H and O–H groups in total. The zero-order valence-corrected chi connectivity index (χ0v) is 15.7. The van der Waals surface area contributed by atoms with Gasteiger partial charge in [0.25, 0.3) is 5.91 Å². The molecule has 0 radical (unpaired) electrons. The van der Waals surface area contributed by atoms with Crippen LogP contribution < -0.4 is 10.1 Å². The Morgan fingerprint density at radius 3 is 2.32 bits per heavy atom. The van der Waals surface area contributed by atoms with Crippen LogP contribution in [0.2, 0.25) is 5.02 Å². The Morgan fingerprint density at radius 1 is 1.11 bits per heavy atom. The molecule has 0 heterocycles. The molecule has 9 heteroatoms. The second kappa shape index (κ2) is 8.97. The number of carbonyl (C=O) groups is 2. The summed E-state index contributed by atoms with van der Waals surface area (Å²) in [5.74, 6) is -0.964. The Labute approximate surface area is 164 Å². The van der Waals surface area contributed by atoms with E-state index in [1.807, 2.05) is 13.8 Å². The molecule has 0 aliphatic heterocycles. The van der Waals surface area contributed by atoms with E-state index < -0.39 is 35.2 Å². The molecule has 2 aromatic carbocycles. The number of hydrogen-bond acceptors (Lipinski definition) is 4. The van der Waals surface area contributed by atoms with E-state index in [4.69, 9.17) is 21.1 Å². The van der Waals surface area contributed by atoms with Crippen molar-refractivity contribution in [2.75, 3.05) is 11.9 Å². The predicted octanol–water partition coefficient (Wildman–Crippen LogP) is 4.94. The number of ether oxygens (including phenoxy) is 2. The van der Waals surface area contributed by atoms with E-state index in [1.54, 1.807) is 12.1 Å². The number of nitrogens with one attached hydrogen (secondary N) is 1. The lowest BCUT2D eigenvalue weighted by molar-refractivity contribution is -0.137. The highest BCUT2D eigenvalue weighted by atomic mass is 35.5. The van der Waals surface area contributed by atoms with E-state index >= 15 is 0 Å². The zero-order valence-electron chi connectivity index (χ0n) is 15.0. The van der Waals surface area contributed by atoms with Crippen molar-refractivity contribution in [3.63, 3.8) is 0 Å². The van der Waals surface area contributed by atoms with Gasteiger partial charge in [0.1, 0.15) is 5.75 Å². The van der Waals surface area contributed by atoms with E-state index in [0.29, 0.717) is 11.8 Å². The third kappa shape index (κ3) is 6.16. The van der Waals surface area contributed by atoms with Crippen molar-refractivity contribution in [3.8, 4) is 5.75 Å². The Morgan fingerprint density at radius 2 is 1.75 bits per heavy atom. The second-order valence-electron chi connectivity index (χ2n) is 6.01. The maximum atomic E-state index is 12.8. The summed E-state index contributed by atoms with van der Waals surface area (Å²) in [6, 6.07) is 9.07. The molecule has 2 rings (SSSR count). The number of anilines is 1. The lowest BCUT2D eigenvalue weighted by Crippen LogP contribution is -2.21. The molecule has 0 aliphatic rings. The minimum Gasteiger partial charge on any atom is -0.491 e. The van der Waals surface area contributed by atoms with Gasteiger partial charge in [0.05, 0.1) is 22.3 Å². The summed E-state index contributed by atoms with van der Waals surface area (Å²) in [5, 5.41) is 1.74. The number of amides is 1. The van der Waals surface area contributed by atoms with Gasteiger partial charge in [-0.1, -0.05) is 11.6 Å². The fourth-order valence-electron chi connectivity index (χ4n) is 2.17. The summed E-state index contributed by atoms with van der Waals surface area (Å²) < 4.78 is 48.8. The van der Waals surface area contributed by atoms with Gasteiger partial charge < -0.3 is 14.8 Å². The molecule has 0 fully saturated rings. The largest absolute Gasteiger partial charge is 0.491 e. The van der Waals surface area contributed by atoms with Crippen LogP contribution in [0.5, 0.6) is 5.75 Å². The molecule has 1 amide bonds. The topological polar surface area (TPSA) is 64.6 Å². The number of esters is 1. The molecule has 0 spiro atoms. The van der Waals surface area contributed by atoms with Crippen LogP contribution in [0.3, 0.4) is 0 Å². The average molecular weight is 416 g/mol. The molecular formula is C19H17ClF3NO4. The minimum atomic E-state index is -4.66. The van der Waals surface area contributed by atoms with Crippen molar-refractivity contribution < 1.29 is 32.2 Å². The highest BCUT2D eigenvalue weighted by Crippen LogP contribution is 2.36. The molecule has 0 aliphatic carbocycles.